The van der Waals surface area contributed by atoms with Crippen LogP contribution in [0.5, 0.6) is 0 Å². The normalized spacial score (nSPS) is 20.8. The Morgan fingerprint density at radius 3 is 2.81 bits per heavy atom. The van der Waals surface area contributed by atoms with Crippen LogP contribution in [0.15, 0.2) is 27.4 Å². The van der Waals surface area contributed by atoms with Crippen molar-refractivity contribution in [2.75, 3.05) is 6.61 Å². The van der Waals surface area contributed by atoms with Crippen molar-refractivity contribution in [2.24, 2.45) is 5.92 Å². The Balaban J connectivity index is 1.59. The molecule has 0 spiro atoms. The fourth-order valence-electron chi connectivity index (χ4n) is 3.83. The highest BCUT2D eigenvalue weighted by Gasteiger charge is 2.39. The third-order valence-electron chi connectivity index (χ3n) is 5.07. The summed E-state index contributed by atoms with van der Waals surface area (Å²) in [6.07, 6.45) is 4.47. The molecule has 26 heavy (non-hydrogen) atoms. The lowest BCUT2D eigenvalue weighted by Crippen LogP contribution is -2.21. The Morgan fingerprint density at radius 2 is 2.12 bits per heavy atom. The van der Waals surface area contributed by atoms with Gasteiger partial charge in [0, 0.05) is 37.0 Å². The molecule has 4 heterocycles. The van der Waals surface area contributed by atoms with E-state index in [1.165, 1.54) is 0 Å². The summed E-state index contributed by atoms with van der Waals surface area (Å²) in [6.45, 7) is 9.34. The van der Waals surface area contributed by atoms with Crippen molar-refractivity contribution in [3.63, 3.8) is 0 Å². The maximum atomic E-state index is 6.07. The highest BCUT2D eigenvalue weighted by molar-refractivity contribution is 5.34. The SMILES string of the molecule is Cc1noc(C)c1C(C)(C)c1nnc([C@H]2OCC[C@H]2Cn2cccn2)o1. The van der Waals surface area contributed by atoms with Crippen molar-refractivity contribution < 1.29 is 13.7 Å². The molecule has 8 heteroatoms. The first-order valence-corrected chi connectivity index (χ1v) is 8.83. The molecule has 1 aliphatic rings. The summed E-state index contributed by atoms with van der Waals surface area (Å²) < 4.78 is 19.2. The van der Waals surface area contributed by atoms with Crippen LogP contribution in [0.3, 0.4) is 0 Å². The first-order chi connectivity index (χ1) is 12.5. The summed E-state index contributed by atoms with van der Waals surface area (Å²) >= 11 is 0. The quantitative estimate of drug-likeness (QED) is 0.693. The molecule has 0 aliphatic carbocycles. The number of hydrogen-bond acceptors (Lipinski definition) is 7. The number of aromatic nitrogens is 5. The molecule has 1 saturated heterocycles. The van der Waals surface area contributed by atoms with Crippen molar-refractivity contribution >= 4 is 0 Å². The van der Waals surface area contributed by atoms with Crippen LogP contribution < -0.4 is 0 Å². The van der Waals surface area contributed by atoms with Crippen molar-refractivity contribution in [1.29, 1.82) is 0 Å². The van der Waals surface area contributed by atoms with Gasteiger partial charge in [0.05, 0.1) is 11.1 Å². The minimum absolute atomic E-state index is 0.207. The molecule has 0 unspecified atom stereocenters. The van der Waals surface area contributed by atoms with Crippen LogP contribution in [0.2, 0.25) is 0 Å². The molecule has 4 rings (SSSR count). The molecular weight excluding hydrogens is 334 g/mol. The summed E-state index contributed by atoms with van der Waals surface area (Å²) in [5.74, 6) is 2.08. The number of rotatable bonds is 5. The van der Waals surface area contributed by atoms with Gasteiger partial charge in [0.15, 0.2) is 0 Å². The Morgan fingerprint density at radius 1 is 1.27 bits per heavy atom. The van der Waals surface area contributed by atoms with E-state index in [0.29, 0.717) is 18.4 Å². The lowest BCUT2D eigenvalue weighted by molar-refractivity contribution is 0.0612. The first-order valence-electron chi connectivity index (χ1n) is 8.83. The van der Waals surface area contributed by atoms with Crippen LogP contribution >= 0.6 is 0 Å². The second kappa shape index (κ2) is 6.35. The third kappa shape index (κ3) is 2.84. The summed E-state index contributed by atoms with van der Waals surface area (Å²) in [5, 5.41) is 16.9. The molecule has 0 radical (unpaired) electrons. The van der Waals surface area contributed by atoms with E-state index in [1.807, 2.05) is 44.6 Å². The van der Waals surface area contributed by atoms with E-state index in [4.69, 9.17) is 13.7 Å². The first kappa shape index (κ1) is 17.0. The van der Waals surface area contributed by atoms with Gasteiger partial charge in [-0.1, -0.05) is 5.16 Å². The topological polar surface area (TPSA) is 92.0 Å². The van der Waals surface area contributed by atoms with Gasteiger partial charge in [-0.2, -0.15) is 5.10 Å². The van der Waals surface area contributed by atoms with Gasteiger partial charge in [0.1, 0.15) is 11.9 Å². The van der Waals surface area contributed by atoms with Crippen molar-refractivity contribution in [1.82, 2.24) is 25.1 Å². The average molecular weight is 357 g/mol. The van der Waals surface area contributed by atoms with Crippen LogP contribution in [0.4, 0.5) is 0 Å². The van der Waals surface area contributed by atoms with E-state index in [2.05, 4.69) is 20.5 Å². The lowest BCUT2D eigenvalue weighted by atomic mass is 9.83. The molecule has 1 fully saturated rings. The molecule has 3 aromatic heterocycles. The zero-order chi connectivity index (χ0) is 18.3. The second-order valence-electron chi connectivity index (χ2n) is 7.34. The van der Waals surface area contributed by atoms with Gasteiger partial charge in [0.2, 0.25) is 11.8 Å². The van der Waals surface area contributed by atoms with Crippen LogP contribution in [-0.2, 0) is 16.7 Å². The fourth-order valence-corrected chi connectivity index (χ4v) is 3.83. The van der Waals surface area contributed by atoms with Gasteiger partial charge in [-0.05, 0) is 40.2 Å². The van der Waals surface area contributed by atoms with E-state index >= 15 is 0 Å². The Hall–Kier alpha value is -2.48. The highest BCUT2D eigenvalue weighted by atomic mass is 16.5. The molecule has 1 aliphatic heterocycles. The van der Waals surface area contributed by atoms with E-state index in [-0.39, 0.29) is 12.0 Å². The van der Waals surface area contributed by atoms with Gasteiger partial charge in [-0.15, -0.1) is 10.2 Å². The Kier molecular flexibility index (Phi) is 4.14. The number of ether oxygens (including phenoxy) is 1. The highest BCUT2D eigenvalue weighted by Crippen LogP contribution is 2.39. The predicted octanol–water partition coefficient (Wildman–Crippen LogP) is 2.97. The number of nitrogens with zero attached hydrogens (tertiary/aromatic N) is 5. The van der Waals surface area contributed by atoms with Gasteiger partial charge in [-0.3, -0.25) is 4.68 Å². The second-order valence-corrected chi connectivity index (χ2v) is 7.34. The Bertz CT molecular complexity index is 861. The van der Waals surface area contributed by atoms with E-state index in [1.54, 1.807) is 6.20 Å². The van der Waals surface area contributed by atoms with Crippen LogP contribution in [0.1, 0.15) is 55.2 Å². The molecule has 0 amide bonds. The van der Waals surface area contributed by atoms with Crippen molar-refractivity contribution in [2.45, 2.75) is 52.2 Å². The zero-order valence-corrected chi connectivity index (χ0v) is 15.5. The molecule has 0 bridgehead atoms. The summed E-state index contributed by atoms with van der Waals surface area (Å²) in [5.41, 5.74) is 1.32. The van der Waals surface area contributed by atoms with E-state index in [0.717, 1.165) is 30.0 Å². The van der Waals surface area contributed by atoms with E-state index in [9.17, 15) is 0 Å². The molecule has 138 valence electrons. The van der Waals surface area contributed by atoms with Crippen molar-refractivity contribution in [3.8, 4) is 0 Å². The smallest absolute Gasteiger partial charge is 0.245 e. The standard InChI is InChI=1S/C18H23N5O3/c1-11-14(12(2)26-22-11)18(3,4)17-21-20-16(25-17)15-13(6-9-24-15)10-23-8-5-7-19-23/h5,7-8,13,15H,6,9-10H2,1-4H3/t13-,15-/m0/s1. The monoisotopic (exact) mass is 357 g/mol. The fraction of sp³-hybridized carbons (Fsp3) is 0.556. The summed E-state index contributed by atoms with van der Waals surface area (Å²) in [6, 6.07) is 1.92. The van der Waals surface area contributed by atoms with Gasteiger partial charge < -0.3 is 13.7 Å². The molecule has 0 aromatic carbocycles. The largest absolute Gasteiger partial charge is 0.421 e. The zero-order valence-electron chi connectivity index (χ0n) is 15.5. The van der Waals surface area contributed by atoms with Crippen LogP contribution in [0.25, 0.3) is 0 Å². The maximum absolute atomic E-state index is 6.07. The minimum atomic E-state index is -0.491. The van der Waals surface area contributed by atoms with E-state index < -0.39 is 5.41 Å². The Labute approximate surface area is 151 Å². The molecule has 0 saturated carbocycles. The molecule has 0 N–H and O–H groups in total. The molecule has 2 atom stereocenters. The van der Waals surface area contributed by atoms with Gasteiger partial charge in [0.25, 0.3) is 0 Å². The maximum Gasteiger partial charge on any atom is 0.245 e. The average Bonchev–Trinajstić information content (AvgIpc) is 3.35. The molecule has 8 nitrogen and oxygen atoms in total. The van der Waals surface area contributed by atoms with Gasteiger partial charge in [-0.25, -0.2) is 0 Å². The third-order valence-corrected chi connectivity index (χ3v) is 5.07. The predicted molar refractivity (Wildman–Crippen MR) is 91.4 cm³/mol. The van der Waals surface area contributed by atoms with Crippen LogP contribution in [0, 0.1) is 19.8 Å². The molecular formula is C18H23N5O3. The van der Waals surface area contributed by atoms with Crippen molar-refractivity contribution in [3.05, 3.63) is 47.3 Å². The minimum Gasteiger partial charge on any atom is -0.421 e. The summed E-state index contributed by atoms with van der Waals surface area (Å²) in [7, 11) is 0. The lowest BCUT2D eigenvalue weighted by Gasteiger charge is -2.20. The summed E-state index contributed by atoms with van der Waals surface area (Å²) in [4.78, 5) is 0. The number of hydrogen-bond donors (Lipinski definition) is 0. The molecule has 3 aromatic rings. The van der Waals surface area contributed by atoms with Gasteiger partial charge >= 0.3 is 0 Å². The van der Waals surface area contributed by atoms with Crippen LogP contribution in [-0.4, -0.2) is 31.7 Å². The number of aryl methyl sites for hydroxylation is 2.